The molecule has 5 heteroatoms. The van der Waals surface area contributed by atoms with Crippen LogP contribution in [0.15, 0.2) is 0 Å². The van der Waals surface area contributed by atoms with Crippen molar-refractivity contribution in [3.05, 3.63) is 0 Å². The maximum Gasteiger partial charge on any atom is 0.358 e. The standard InChI is InChI=1S/C4H6BNO3/c1-9-4(8)2(6)3(5)7/h6H,5H2,1H3. The van der Waals surface area contributed by atoms with Gasteiger partial charge in [-0.3, -0.25) is 5.41 Å². The summed E-state index contributed by atoms with van der Waals surface area (Å²) in [6.07, 6.45) is 0. The number of methoxy groups -OCH3 is 1. The second-order valence-corrected chi connectivity index (χ2v) is 1.42. The zero-order valence-corrected chi connectivity index (χ0v) is 5.22. The van der Waals surface area contributed by atoms with E-state index >= 15 is 0 Å². The molecule has 0 unspecified atom stereocenters. The van der Waals surface area contributed by atoms with Gasteiger partial charge < -0.3 is 9.53 Å². The van der Waals surface area contributed by atoms with E-state index in [9.17, 15) is 9.59 Å². The normalized spacial score (nSPS) is 8.11. The molecule has 0 bridgehead atoms. The molecule has 0 aliphatic heterocycles. The fraction of sp³-hybridized carbons (Fsp3) is 0.250. The Labute approximate surface area is 53.1 Å². The lowest BCUT2D eigenvalue weighted by atomic mass is 9.98. The first-order valence-electron chi connectivity index (χ1n) is 2.27. The van der Waals surface area contributed by atoms with E-state index in [1.165, 1.54) is 0 Å². The number of carbonyl (C=O) groups excluding carboxylic acids is 2. The molecule has 0 fully saturated rings. The highest BCUT2D eigenvalue weighted by Gasteiger charge is 2.12. The van der Waals surface area contributed by atoms with Gasteiger partial charge >= 0.3 is 5.97 Å². The van der Waals surface area contributed by atoms with Crippen LogP contribution < -0.4 is 0 Å². The van der Waals surface area contributed by atoms with E-state index < -0.39 is 17.4 Å². The van der Waals surface area contributed by atoms with Gasteiger partial charge in [0.15, 0.2) is 13.6 Å². The number of rotatable bonds is 2. The molecule has 0 heterocycles. The molecule has 0 radical (unpaired) electrons. The average molecular weight is 127 g/mol. The zero-order chi connectivity index (χ0) is 7.44. The molecule has 0 saturated heterocycles. The van der Waals surface area contributed by atoms with Crippen molar-refractivity contribution >= 4 is 25.2 Å². The Morgan fingerprint density at radius 1 is 1.56 bits per heavy atom. The monoisotopic (exact) mass is 127 g/mol. The van der Waals surface area contributed by atoms with E-state index in [1.54, 1.807) is 0 Å². The van der Waals surface area contributed by atoms with Crippen molar-refractivity contribution in [2.45, 2.75) is 0 Å². The summed E-state index contributed by atoms with van der Waals surface area (Å²) in [5.74, 6) is -0.887. The van der Waals surface area contributed by atoms with Crippen molar-refractivity contribution < 1.29 is 14.3 Å². The molecule has 0 aliphatic carbocycles. The van der Waals surface area contributed by atoms with Crippen molar-refractivity contribution in [3.63, 3.8) is 0 Å². The quantitative estimate of drug-likeness (QED) is 0.209. The Hall–Kier alpha value is -1.13. The third-order valence-electron chi connectivity index (χ3n) is 0.742. The molecule has 0 amide bonds. The van der Waals surface area contributed by atoms with Gasteiger partial charge in [0.2, 0.25) is 0 Å². The molecule has 0 aliphatic rings. The van der Waals surface area contributed by atoms with Gasteiger partial charge in [0, 0.05) is 0 Å². The van der Waals surface area contributed by atoms with Crippen LogP contribution in [0.3, 0.4) is 0 Å². The van der Waals surface area contributed by atoms with E-state index in [1.807, 2.05) is 0 Å². The number of hydrogen-bond acceptors (Lipinski definition) is 4. The Balaban J connectivity index is 4.05. The van der Waals surface area contributed by atoms with Gasteiger partial charge in [-0.15, -0.1) is 0 Å². The highest BCUT2D eigenvalue weighted by molar-refractivity contribution is 6.87. The minimum absolute atomic E-state index is 0.582. The number of nitrogens with one attached hydrogen (secondary N) is 1. The van der Waals surface area contributed by atoms with Gasteiger partial charge in [0.25, 0.3) is 0 Å². The lowest BCUT2D eigenvalue weighted by molar-refractivity contribution is -0.133. The first-order chi connectivity index (χ1) is 4.09. The van der Waals surface area contributed by atoms with Gasteiger partial charge in [-0.2, -0.15) is 0 Å². The summed E-state index contributed by atoms with van der Waals surface area (Å²) in [7, 11) is 2.26. The smallest absolute Gasteiger partial charge is 0.358 e. The SMILES string of the molecule is BC(=O)C(=N)C(=O)OC. The van der Waals surface area contributed by atoms with Crippen LogP contribution in [-0.4, -0.2) is 32.3 Å². The Kier molecular flexibility index (Phi) is 2.64. The molecule has 1 N–H and O–H groups in total. The summed E-state index contributed by atoms with van der Waals surface area (Å²) in [5, 5.41) is 6.73. The van der Waals surface area contributed by atoms with Crippen molar-refractivity contribution in [3.8, 4) is 0 Å². The average Bonchev–Trinajstić information content (AvgIpc) is 1.84. The maximum atomic E-state index is 10.3. The van der Waals surface area contributed by atoms with Crippen LogP contribution in [0.4, 0.5) is 0 Å². The zero-order valence-electron chi connectivity index (χ0n) is 5.22. The van der Waals surface area contributed by atoms with Crippen LogP contribution >= 0.6 is 0 Å². The number of ether oxygens (including phenoxy) is 1. The van der Waals surface area contributed by atoms with Crippen LogP contribution in [0.25, 0.3) is 0 Å². The molecule has 4 nitrogen and oxygen atoms in total. The molecular formula is C4H6BNO3. The van der Waals surface area contributed by atoms with Gasteiger partial charge in [-0.1, -0.05) is 0 Å². The fourth-order valence-electron chi connectivity index (χ4n) is 0.246. The maximum absolute atomic E-state index is 10.3. The minimum atomic E-state index is -0.887. The van der Waals surface area contributed by atoms with E-state index in [0.717, 1.165) is 15.0 Å². The van der Waals surface area contributed by atoms with Crippen LogP contribution in [0, 0.1) is 5.41 Å². The van der Waals surface area contributed by atoms with E-state index in [2.05, 4.69) is 4.74 Å². The van der Waals surface area contributed by atoms with Gasteiger partial charge in [-0.05, 0) is 0 Å². The lowest BCUT2D eigenvalue weighted by Crippen LogP contribution is -2.23. The second kappa shape index (κ2) is 3.01. The van der Waals surface area contributed by atoms with Crippen LogP contribution in [-0.2, 0) is 14.3 Å². The largest absolute Gasteiger partial charge is 0.464 e. The second-order valence-electron chi connectivity index (χ2n) is 1.42. The molecule has 0 spiro atoms. The van der Waals surface area contributed by atoms with Crippen LogP contribution in [0.5, 0.6) is 0 Å². The molecular weight excluding hydrogens is 121 g/mol. The number of hydrogen-bond donors (Lipinski definition) is 1. The highest BCUT2D eigenvalue weighted by atomic mass is 16.5. The van der Waals surface area contributed by atoms with E-state index in [4.69, 9.17) is 5.41 Å². The summed E-state index contributed by atoms with van der Waals surface area (Å²) >= 11 is 0. The van der Waals surface area contributed by atoms with Crippen molar-refractivity contribution in [1.29, 1.82) is 5.41 Å². The predicted molar refractivity (Wildman–Crippen MR) is 33.3 cm³/mol. The third kappa shape index (κ3) is 2.07. The number of carbonyl (C=O) groups is 2. The number of esters is 1. The minimum Gasteiger partial charge on any atom is -0.464 e. The molecule has 48 valence electrons. The lowest BCUT2D eigenvalue weighted by Gasteiger charge is -1.93. The van der Waals surface area contributed by atoms with E-state index in [0.29, 0.717) is 0 Å². The van der Waals surface area contributed by atoms with Gasteiger partial charge in [0.05, 0.1) is 7.11 Å². The molecule has 0 saturated carbocycles. The van der Waals surface area contributed by atoms with Gasteiger partial charge in [0.1, 0.15) is 5.68 Å². The van der Waals surface area contributed by atoms with Gasteiger partial charge in [-0.25, -0.2) is 4.79 Å². The van der Waals surface area contributed by atoms with Crippen LogP contribution in [0.1, 0.15) is 0 Å². The molecule has 0 atom stereocenters. The molecule has 0 aromatic carbocycles. The third-order valence-corrected chi connectivity index (χ3v) is 0.742. The summed E-state index contributed by atoms with van der Waals surface area (Å²) in [5.41, 5.74) is -1.20. The first kappa shape index (κ1) is 7.87. The Bertz CT molecular complexity index is 165. The summed E-state index contributed by atoms with van der Waals surface area (Å²) < 4.78 is 4.09. The van der Waals surface area contributed by atoms with Crippen molar-refractivity contribution in [2.75, 3.05) is 7.11 Å². The molecule has 0 aromatic heterocycles. The predicted octanol–water partition coefficient (Wildman–Crippen LogP) is -1.66. The first-order valence-corrected chi connectivity index (χ1v) is 2.27. The summed E-state index contributed by atoms with van der Waals surface area (Å²) in [6.45, 7) is 0. The van der Waals surface area contributed by atoms with Crippen molar-refractivity contribution in [2.24, 2.45) is 0 Å². The van der Waals surface area contributed by atoms with E-state index in [-0.39, 0.29) is 0 Å². The van der Waals surface area contributed by atoms with Crippen LogP contribution in [0.2, 0.25) is 0 Å². The Morgan fingerprint density at radius 2 is 2.00 bits per heavy atom. The molecule has 9 heavy (non-hydrogen) atoms. The highest BCUT2D eigenvalue weighted by Crippen LogP contribution is 1.77. The summed E-state index contributed by atoms with van der Waals surface area (Å²) in [4.78, 5) is 20.5. The topological polar surface area (TPSA) is 67.2 Å². The molecule has 0 aromatic rings. The Morgan fingerprint density at radius 3 is 2.11 bits per heavy atom. The summed E-state index contributed by atoms with van der Waals surface area (Å²) in [6, 6.07) is 0. The fourth-order valence-corrected chi connectivity index (χ4v) is 0.246. The van der Waals surface area contributed by atoms with Crippen molar-refractivity contribution in [1.82, 2.24) is 0 Å². The molecule has 0 rings (SSSR count).